The molecule has 0 amide bonds. The van der Waals surface area contributed by atoms with Crippen LogP contribution >= 0.6 is 0 Å². The van der Waals surface area contributed by atoms with E-state index in [-0.39, 0.29) is 18.8 Å². The number of carboxylic acid groups (broad SMARTS) is 1. The molecular formula is C17H17FO4. The number of hydrogen-bond acceptors (Lipinski definition) is 3. The Hall–Kier alpha value is -2.40. The SMILES string of the molecule is O=C(O)Cc1ccc(F)cc1OCCOCc1ccccc1. The van der Waals surface area contributed by atoms with Crippen molar-refractivity contribution in [1.29, 1.82) is 0 Å². The zero-order chi connectivity index (χ0) is 15.8. The molecule has 0 saturated carbocycles. The molecule has 4 nitrogen and oxygen atoms in total. The van der Waals surface area contributed by atoms with Gasteiger partial charge in [0.15, 0.2) is 0 Å². The lowest BCUT2D eigenvalue weighted by Crippen LogP contribution is -2.09. The van der Waals surface area contributed by atoms with Crippen molar-refractivity contribution in [2.75, 3.05) is 13.2 Å². The minimum absolute atomic E-state index is 0.208. The fourth-order valence-electron chi connectivity index (χ4n) is 1.95. The molecule has 2 rings (SSSR count). The van der Waals surface area contributed by atoms with E-state index < -0.39 is 11.8 Å². The lowest BCUT2D eigenvalue weighted by molar-refractivity contribution is -0.136. The first-order valence-corrected chi connectivity index (χ1v) is 6.90. The molecule has 5 heteroatoms. The van der Waals surface area contributed by atoms with E-state index in [0.29, 0.717) is 18.8 Å². The lowest BCUT2D eigenvalue weighted by atomic mass is 10.1. The summed E-state index contributed by atoms with van der Waals surface area (Å²) in [5.41, 5.74) is 1.50. The third kappa shape index (κ3) is 5.18. The summed E-state index contributed by atoms with van der Waals surface area (Å²) in [6.07, 6.45) is -0.208. The van der Waals surface area contributed by atoms with Crippen molar-refractivity contribution in [2.45, 2.75) is 13.0 Å². The molecule has 0 unspecified atom stereocenters. The number of halogens is 1. The number of carbonyl (C=O) groups is 1. The highest BCUT2D eigenvalue weighted by Gasteiger charge is 2.09. The molecule has 0 spiro atoms. The number of rotatable bonds is 8. The number of carboxylic acids is 1. The summed E-state index contributed by atoms with van der Waals surface area (Å²) in [4.78, 5) is 10.8. The maximum absolute atomic E-state index is 13.2. The minimum Gasteiger partial charge on any atom is -0.491 e. The highest BCUT2D eigenvalue weighted by molar-refractivity contribution is 5.71. The second-order valence-corrected chi connectivity index (χ2v) is 4.71. The Morgan fingerprint density at radius 3 is 2.59 bits per heavy atom. The van der Waals surface area contributed by atoms with Crippen LogP contribution in [0.2, 0.25) is 0 Å². The fourth-order valence-corrected chi connectivity index (χ4v) is 1.95. The maximum atomic E-state index is 13.2. The van der Waals surface area contributed by atoms with Crippen LogP contribution in [-0.2, 0) is 22.6 Å². The molecule has 0 aliphatic heterocycles. The van der Waals surface area contributed by atoms with Crippen molar-refractivity contribution in [2.24, 2.45) is 0 Å². The van der Waals surface area contributed by atoms with Crippen molar-refractivity contribution in [3.63, 3.8) is 0 Å². The van der Waals surface area contributed by atoms with Crippen LogP contribution in [0.1, 0.15) is 11.1 Å². The van der Waals surface area contributed by atoms with Crippen LogP contribution in [0.4, 0.5) is 4.39 Å². The molecule has 2 aromatic carbocycles. The van der Waals surface area contributed by atoms with E-state index in [4.69, 9.17) is 14.6 Å². The monoisotopic (exact) mass is 304 g/mol. The smallest absolute Gasteiger partial charge is 0.307 e. The van der Waals surface area contributed by atoms with Gasteiger partial charge in [0, 0.05) is 11.6 Å². The molecule has 2 aromatic rings. The van der Waals surface area contributed by atoms with Crippen LogP contribution in [0, 0.1) is 5.82 Å². The molecule has 0 aliphatic rings. The van der Waals surface area contributed by atoms with Crippen molar-refractivity contribution in [3.8, 4) is 5.75 Å². The number of ether oxygens (including phenoxy) is 2. The van der Waals surface area contributed by atoms with Gasteiger partial charge in [0.05, 0.1) is 19.6 Å². The van der Waals surface area contributed by atoms with Crippen LogP contribution in [0.15, 0.2) is 48.5 Å². The van der Waals surface area contributed by atoms with E-state index >= 15 is 0 Å². The quantitative estimate of drug-likeness (QED) is 0.762. The van der Waals surface area contributed by atoms with Gasteiger partial charge in [-0.3, -0.25) is 4.79 Å². The third-order valence-corrected chi connectivity index (χ3v) is 2.97. The summed E-state index contributed by atoms with van der Waals surface area (Å²) < 4.78 is 24.1. The zero-order valence-electron chi connectivity index (χ0n) is 12.0. The first-order valence-electron chi connectivity index (χ1n) is 6.90. The normalized spacial score (nSPS) is 10.4. The van der Waals surface area contributed by atoms with Gasteiger partial charge in [0.2, 0.25) is 0 Å². The van der Waals surface area contributed by atoms with E-state index in [1.807, 2.05) is 30.3 Å². The first-order chi connectivity index (χ1) is 10.6. The van der Waals surface area contributed by atoms with Gasteiger partial charge in [-0.05, 0) is 11.6 Å². The summed E-state index contributed by atoms with van der Waals surface area (Å²) >= 11 is 0. The summed E-state index contributed by atoms with van der Waals surface area (Å²) in [5, 5.41) is 8.82. The third-order valence-electron chi connectivity index (χ3n) is 2.97. The van der Waals surface area contributed by atoms with Crippen LogP contribution in [0.3, 0.4) is 0 Å². The van der Waals surface area contributed by atoms with Crippen LogP contribution < -0.4 is 4.74 Å². The molecule has 0 radical (unpaired) electrons. The first kappa shape index (κ1) is 16.0. The van der Waals surface area contributed by atoms with Crippen molar-refractivity contribution >= 4 is 5.97 Å². The highest BCUT2D eigenvalue weighted by Crippen LogP contribution is 2.20. The topological polar surface area (TPSA) is 55.8 Å². The second-order valence-electron chi connectivity index (χ2n) is 4.71. The zero-order valence-corrected chi connectivity index (χ0v) is 12.0. The maximum Gasteiger partial charge on any atom is 0.307 e. The average molecular weight is 304 g/mol. The standard InChI is InChI=1S/C17H17FO4/c18-15-7-6-14(10-17(19)20)16(11-15)22-9-8-21-12-13-4-2-1-3-5-13/h1-7,11H,8-10,12H2,(H,19,20). The molecule has 0 atom stereocenters. The van der Waals surface area contributed by atoms with Crippen LogP contribution in [0.5, 0.6) is 5.75 Å². The highest BCUT2D eigenvalue weighted by atomic mass is 19.1. The predicted octanol–water partition coefficient (Wildman–Crippen LogP) is 3.05. The van der Waals surface area contributed by atoms with Crippen molar-refractivity contribution < 1.29 is 23.8 Å². The lowest BCUT2D eigenvalue weighted by Gasteiger charge is -2.11. The fraction of sp³-hybridized carbons (Fsp3) is 0.235. The molecule has 0 fully saturated rings. The largest absolute Gasteiger partial charge is 0.491 e. The predicted molar refractivity (Wildman–Crippen MR) is 79.3 cm³/mol. The molecule has 0 bridgehead atoms. The van der Waals surface area contributed by atoms with Gasteiger partial charge in [-0.1, -0.05) is 36.4 Å². The Labute approximate surface area is 128 Å². The molecular weight excluding hydrogens is 287 g/mol. The summed E-state index contributed by atoms with van der Waals surface area (Å²) in [5.74, 6) is -1.21. The van der Waals surface area contributed by atoms with E-state index in [9.17, 15) is 9.18 Å². The van der Waals surface area contributed by atoms with Crippen LogP contribution in [0.25, 0.3) is 0 Å². The molecule has 0 heterocycles. The van der Waals surface area contributed by atoms with E-state index in [2.05, 4.69) is 0 Å². The van der Waals surface area contributed by atoms with Gasteiger partial charge < -0.3 is 14.6 Å². The van der Waals surface area contributed by atoms with Gasteiger partial charge >= 0.3 is 5.97 Å². The number of aliphatic carboxylic acids is 1. The Bertz CT molecular complexity index is 613. The number of hydrogen-bond donors (Lipinski definition) is 1. The average Bonchev–Trinajstić information content (AvgIpc) is 2.50. The Kier molecular flexibility index (Phi) is 5.91. The number of benzene rings is 2. The molecule has 0 aliphatic carbocycles. The van der Waals surface area contributed by atoms with E-state index in [1.165, 1.54) is 18.2 Å². The molecule has 22 heavy (non-hydrogen) atoms. The minimum atomic E-state index is -0.989. The summed E-state index contributed by atoms with van der Waals surface area (Å²) in [6.45, 7) is 1.02. The molecule has 116 valence electrons. The van der Waals surface area contributed by atoms with Gasteiger partial charge in [-0.25, -0.2) is 4.39 Å². The summed E-state index contributed by atoms with van der Waals surface area (Å²) in [6, 6.07) is 13.5. The van der Waals surface area contributed by atoms with E-state index in [1.54, 1.807) is 0 Å². The Balaban J connectivity index is 1.81. The van der Waals surface area contributed by atoms with Gasteiger partial charge in [-0.15, -0.1) is 0 Å². The van der Waals surface area contributed by atoms with Crippen molar-refractivity contribution in [3.05, 3.63) is 65.5 Å². The van der Waals surface area contributed by atoms with E-state index in [0.717, 1.165) is 5.56 Å². The molecule has 1 N–H and O–H groups in total. The Morgan fingerprint density at radius 2 is 1.86 bits per heavy atom. The summed E-state index contributed by atoms with van der Waals surface area (Å²) in [7, 11) is 0. The molecule has 0 aromatic heterocycles. The Morgan fingerprint density at radius 1 is 1.09 bits per heavy atom. The van der Waals surface area contributed by atoms with Gasteiger partial charge in [-0.2, -0.15) is 0 Å². The van der Waals surface area contributed by atoms with Gasteiger partial charge in [0.1, 0.15) is 18.2 Å². The van der Waals surface area contributed by atoms with Crippen LogP contribution in [-0.4, -0.2) is 24.3 Å². The molecule has 0 saturated heterocycles. The van der Waals surface area contributed by atoms with Crippen molar-refractivity contribution in [1.82, 2.24) is 0 Å². The second kappa shape index (κ2) is 8.14. The van der Waals surface area contributed by atoms with Gasteiger partial charge in [0.25, 0.3) is 0 Å².